The first kappa shape index (κ1) is 13.4. The molecule has 92 valence electrons. The summed E-state index contributed by atoms with van der Waals surface area (Å²) in [4.78, 5) is 0. The highest BCUT2D eigenvalue weighted by molar-refractivity contribution is 5.46. The van der Waals surface area contributed by atoms with Crippen LogP contribution in [0.4, 0.5) is 5.69 Å². The number of nitrogens with one attached hydrogen (secondary N) is 1. The molecule has 3 heteroatoms. The summed E-state index contributed by atoms with van der Waals surface area (Å²) in [5.74, 6) is 0.730. The zero-order chi connectivity index (χ0) is 12.7. The minimum atomic E-state index is 0.0940. The third-order valence-electron chi connectivity index (χ3n) is 2.36. The molecule has 0 aliphatic heterocycles. The molecule has 0 aliphatic rings. The normalized spacial score (nSPS) is 10.7. The molecule has 0 fully saturated rings. The van der Waals surface area contributed by atoms with Crippen LogP contribution in [0.5, 0.6) is 5.75 Å². The number of nitriles is 1. The van der Waals surface area contributed by atoms with Crippen molar-refractivity contribution < 1.29 is 4.74 Å². The molecule has 1 aromatic rings. The molecule has 0 aliphatic carbocycles. The molecular weight excluding hydrogens is 212 g/mol. The number of benzene rings is 1. The summed E-state index contributed by atoms with van der Waals surface area (Å²) in [5, 5.41) is 11.8. The largest absolute Gasteiger partial charge is 0.479 e. The summed E-state index contributed by atoms with van der Waals surface area (Å²) < 4.78 is 5.18. The predicted molar refractivity (Wildman–Crippen MR) is 70.1 cm³/mol. The van der Waals surface area contributed by atoms with Gasteiger partial charge in [0.05, 0.1) is 0 Å². The van der Waals surface area contributed by atoms with Crippen molar-refractivity contribution in [3.05, 3.63) is 24.3 Å². The summed E-state index contributed by atoms with van der Waals surface area (Å²) in [6.07, 6.45) is 1.12. The highest BCUT2D eigenvalue weighted by Crippen LogP contribution is 2.19. The standard InChI is InChI=1S/C14H20N2O/c1-14(2,3)8-10-16-12-4-6-13(7-5-12)17-11-9-15/h4-7,16H,8,10-11H2,1-3H3. The van der Waals surface area contributed by atoms with Crippen molar-refractivity contribution in [3.63, 3.8) is 0 Å². The maximum atomic E-state index is 8.39. The van der Waals surface area contributed by atoms with Crippen LogP contribution in [0.2, 0.25) is 0 Å². The molecule has 17 heavy (non-hydrogen) atoms. The SMILES string of the molecule is CC(C)(C)CCNc1ccc(OCC#N)cc1. The number of anilines is 1. The second kappa shape index (κ2) is 6.15. The first-order chi connectivity index (χ1) is 8.01. The number of hydrogen-bond donors (Lipinski definition) is 1. The van der Waals surface area contributed by atoms with E-state index in [1.165, 1.54) is 0 Å². The van der Waals surface area contributed by atoms with Gasteiger partial charge in [0.15, 0.2) is 6.61 Å². The van der Waals surface area contributed by atoms with Crippen LogP contribution in [-0.2, 0) is 0 Å². The smallest absolute Gasteiger partial charge is 0.174 e. The minimum Gasteiger partial charge on any atom is -0.479 e. The molecule has 0 atom stereocenters. The maximum absolute atomic E-state index is 8.39. The third-order valence-corrected chi connectivity index (χ3v) is 2.36. The molecule has 0 saturated carbocycles. The lowest BCUT2D eigenvalue weighted by molar-refractivity contribution is 0.368. The van der Waals surface area contributed by atoms with E-state index < -0.39 is 0 Å². The van der Waals surface area contributed by atoms with Crippen LogP contribution in [0.15, 0.2) is 24.3 Å². The van der Waals surface area contributed by atoms with E-state index in [0.717, 1.165) is 24.4 Å². The van der Waals surface area contributed by atoms with Crippen molar-refractivity contribution in [1.82, 2.24) is 0 Å². The Labute approximate surface area is 103 Å². The van der Waals surface area contributed by atoms with Crippen LogP contribution in [0.25, 0.3) is 0 Å². The second-order valence-electron chi connectivity index (χ2n) is 5.21. The van der Waals surface area contributed by atoms with E-state index in [9.17, 15) is 0 Å². The molecule has 0 spiro atoms. The highest BCUT2D eigenvalue weighted by atomic mass is 16.5. The molecule has 0 radical (unpaired) electrons. The Hall–Kier alpha value is -1.69. The number of nitrogens with zero attached hydrogens (tertiary/aromatic N) is 1. The van der Waals surface area contributed by atoms with Crippen LogP contribution in [0.1, 0.15) is 27.2 Å². The van der Waals surface area contributed by atoms with Gasteiger partial charge in [0.2, 0.25) is 0 Å². The fourth-order valence-corrected chi connectivity index (χ4v) is 1.37. The van der Waals surface area contributed by atoms with Gasteiger partial charge >= 0.3 is 0 Å². The molecule has 1 rings (SSSR count). The molecular formula is C14H20N2O. The van der Waals surface area contributed by atoms with Crippen LogP contribution in [0, 0.1) is 16.7 Å². The predicted octanol–water partition coefficient (Wildman–Crippen LogP) is 3.44. The third kappa shape index (κ3) is 5.82. The van der Waals surface area contributed by atoms with E-state index in [2.05, 4.69) is 26.1 Å². The monoisotopic (exact) mass is 232 g/mol. The highest BCUT2D eigenvalue weighted by Gasteiger charge is 2.08. The van der Waals surface area contributed by atoms with E-state index in [4.69, 9.17) is 10.00 Å². The molecule has 1 aromatic carbocycles. The Bertz CT molecular complexity index is 371. The van der Waals surface area contributed by atoms with E-state index in [-0.39, 0.29) is 6.61 Å². The van der Waals surface area contributed by atoms with E-state index >= 15 is 0 Å². The van der Waals surface area contributed by atoms with Gasteiger partial charge in [0, 0.05) is 12.2 Å². The van der Waals surface area contributed by atoms with Crippen LogP contribution in [0.3, 0.4) is 0 Å². The van der Waals surface area contributed by atoms with Gasteiger partial charge in [-0.3, -0.25) is 0 Å². The number of hydrogen-bond acceptors (Lipinski definition) is 3. The molecule has 3 nitrogen and oxygen atoms in total. The first-order valence-electron chi connectivity index (χ1n) is 5.85. The molecule has 1 N–H and O–H groups in total. The van der Waals surface area contributed by atoms with Crippen molar-refractivity contribution in [2.24, 2.45) is 5.41 Å². The van der Waals surface area contributed by atoms with E-state index in [0.29, 0.717) is 5.41 Å². The summed E-state index contributed by atoms with van der Waals surface area (Å²) >= 11 is 0. The van der Waals surface area contributed by atoms with Gasteiger partial charge in [-0.25, -0.2) is 0 Å². The quantitative estimate of drug-likeness (QED) is 0.845. The lowest BCUT2D eigenvalue weighted by atomic mass is 9.92. The van der Waals surface area contributed by atoms with Gasteiger partial charge in [-0.05, 0) is 36.1 Å². The summed E-state index contributed by atoms with van der Waals surface area (Å²) in [6, 6.07) is 9.62. The van der Waals surface area contributed by atoms with Gasteiger partial charge in [-0.1, -0.05) is 20.8 Å². The molecule has 0 amide bonds. The van der Waals surface area contributed by atoms with Gasteiger partial charge < -0.3 is 10.1 Å². The number of rotatable bonds is 5. The fraction of sp³-hybridized carbons (Fsp3) is 0.500. The number of ether oxygens (including phenoxy) is 1. The molecule has 0 bridgehead atoms. The average Bonchev–Trinajstić information content (AvgIpc) is 2.26. The van der Waals surface area contributed by atoms with Crippen molar-refractivity contribution in [3.8, 4) is 11.8 Å². The Morgan fingerprint density at radius 3 is 2.41 bits per heavy atom. The lowest BCUT2D eigenvalue weighted by Gasteiger charge is -2.18. The van der Waals surface area contributed by atoms with E-state index in [1.54, 1.807) is 0 Å². The summed E-state index contributed by atoms with van der Waals surface area (Å²) in [7, 11) is 0. The molecule has 0 heterocycles. The fourth-order valence-electron chi connectivity index (χ4n) is 1.37. The van der Waals surface area contributed by atoms with Crippen molar-refractivity contribution in [2.75, 3.05) is 18.5 Å². The van der Waals surface area contributed by atoms with Gasteiger partial charge in [0.1, 0.15) is 11.8 Å². The molecule has 0 saturated heterocycles. The Balaban J connectivity index is 2.38. The molecule has 0 unspecified atom stereocenters. The lowest BCUT2D eigenvalue weighted by Crippen LogP contribution is -2.12. The summed E-state index contributed by atoms with van der Waals surface area (Å²) in [5.41, 5.74) is 1.43. The van der Waals surface area contributed by atoms with Crippen molar-refractivity contribution in [2.45, 2.75) is 27.2 Å². The summed E-state index contributed by atoms with van der Waals surface area (Å²) in [6.45, 7) is 7.74. The first-order valence-corrected chi connectivity index (χ1v) is 5.85. The van der Waals surface area contributed by atoms with Crippen LogP contribution < -0.4 is 10.1 Å². The van der Waals surface area contributed by atoms with Crippen LogP contribution >= 0.6 is 0 Å². The zero-order valence-electron chi connectivity index (χ0n) is 10.8. The van der Waals surface area contributed by atoms with Gasteiger partial charge in [0.25, 0.3) is 0 Å². The van der Waals surface area contributed by atoms with Crippen molar-refractivity contribution >= 4 is 5.69 Å². The topological polar surface area (TPSA) is 45.0 Å². The van der Waals surface area contributed by atoms with Crippen LogP contribution in [-0.4, -0.2) is 13.2 Å². The van der Waals surface area contributed by atoms with Gasteiger partial charge in [-0.2, -0.15) is 5.26 Å². The van der Waals surface area contributed by atoms with Gasteiger partial charge in [-0.15, -0.1) is 0 Å². The Kier molecular flexibility index (Phi) is 4.84. The molecule has 0 aromatic heterocycles. The average molecular weight is 232 g/mol. The second-order valence-corrected chi connectivity index (χ2v) is 5.21. The maximum Gasteiger partial charge on any atom is 0.174 e. The minimum absolute atomic E-state index is 0.0940. The Morgan fingerprint density at radius 2 is 1.88 bits per heavy atom. The zero-order valence-corrected chi connectivity index (χ0v) is 10.8. The van der Waals surface area contributed by atoms with E-state index in [1.807, 2.05) is 30.3 Å². The van der Waals surface area contributed by atoms with Crippen molar-refractivity contribution in [1.29, 1.82) is 5.26 Å². The Morgan fingerprint density at radius 1 is 1.24 bits per heavy atom.